The minimum absolute atomic E-state index is 0.0137. The van der Waals surface area contributed by atoms with Crippen LogP contribution in [0.2, 0.25) is 0 Å². The second-order valence-corrected chi connectivity index (χ2v) is 7.63. The highest BCUT2D eigenvalue weighted by molar-refractivity contribution is 5.43. The molecule has 1 aliphatic heterocycles. The lowest BCUT2D eigenvalue weighted by molar-refractivity contribution is 0.144. The Bertz CT molecular complexity index is 879. The van der Waals surface area contributed by atoms with Crippen molar-refractivity contribution in [1.29, 1.82) is 0 Å². The Morgan fingerprint density at radius 1 is 1.14 bits per heavy atom. The molecule has 1 aromatic heterocycles. The number of benzene rings is 1. The van der Waals surface area contributed by atoms with E-state index in [0.29, 0.717) is 25.4 Å². The molecule has 29 heavy (non-hydrogen) atoms. The van der Waals surface area contributed by atoms with Gasteiger partial charge in [-0.25, -0.2) is 4.98 Å². The zero-order valence-electron chi connectivity index (χ0n) is 17.8. The minimum Gasteiger partial charge on any atom is -0.493 e. The van der Waals surface area contributed by atoms with Crippen molar-refractivity contribution in [1.82, 2.24) is 14.9 Å². The van der Waals surface area contributed by atoms with E-state index in [0.717, 1.165) is 54.4 Å². The van der Waals surface area contributed by atoms with Gasteiger partial charge >= 0.3 is 0 Å². The van der Waals surface area contributed by atoms with E-state index in [4.69, 9.17) is 19.2 Å². The van der Waals surface area contributed by atoms with Gasteiger partial charge < -0.3 is 19.2 Å². The first-order chi connectivity index (χ1) is 14.0. The average molecular weight is 402 g/mol. The molecular formula is C22H31N3O4. The van der Waals surface area contributed by atoms with Crippen molar-refractivity contribution in [3.05, 3.63) is 51.2 Å². The van der Waals surface area contributed by atoms with Crippen LogP contribution in [0.25, 0.3) is 0 Å². The number of methoxy groups -OCH3 is 2. The van der Waals surface area contributed by atoms with Crippen molar-refractivity contribution in [3.63, 3.8) is 0 Å². The Morgan fingerprint density at radius 2 is 1.93 bits per heavy atom. The van der Waals surface area contributed by atoms with E-state index in [9.17, 15) is 4.79 Å². The quantitative estimate of drug-likeness (QED) is 0.685. The lowest BCUT2D eigenvalue weighted by Gasteiger charge is -2.20. The number of ether oxygens (including phenoxy) is 3. The van der Waals surface area contributed by atoms with Gasteiger partial charge in [0.05, 0.1) is 19.4 Å². The summed E-state index contributed by atoms with van der Waals surface area (Å²) < 4.78 is 16.2. The van der Waals surface area contributed by atoms with E-state index in [1.807, 2.05) is 26.0 Å². The van der Waals surface area contributed by atoms with Crippen LogP contribution in [0, 0.1) is 0 Å². The van der Waals surface area contributed by atoms with Crippen molar-refractivity contribution in [2.45, 2.75) is 39.2 Å². The molecule has 0 aliphatic carbocycles. The average Bonchev–Trinajstić information content (AvgIpc) is 2.91. The molecule has 0 radical (unpaired) electrons. The van der Waals surface area contributed by atoms with Crippen LogP contribution in [-0.2, 0) is 24.1 Å². The molecule has 2 aromatic rings. The fourth-order valence-corrected chi connectivity index (χ4v) is 3.53. The van der Waals surface area contributed by atoms with E-state index >= 15 is 0 Å². The van der Waals surface area contributed by atoms with Crippen LogP contribution in [-0.4, -0.2) is 55.4 Å². The third-order valence-electron chi connectivity index (χ3n) is 5.19. The number of rotatable bonds is 8. The van der Waals surface area contributed by atoms with E-state index in [2.05, 4.69) is 16.0 Å². The van der Waals surface area contributed by atoms with Gasteiger partial charge in [-0.2, -0.15) is 0 Å². The minimum atomic E-state index is 0.0137. The van der Waals surface area contributed by atoms with Crippen molar-refractivity contribution < 1.29 is 14.2 Å². The highest BCUT2D eigenvalue weighted by atomic mass is 16.5. The first-order valence-corrected chi connectivity index (χ1v) is 10.1. The summed E-state index contributed by atoms with van der Waals surface area (Å²) in [7, 11) is 3.30. The smallest absolute Gasteiger partial charge is 0.254 e. The molecule has 0 bridgehead atoms. The summed E-state index contributed by atoms with van der Waals surface area (Å²) in [5.74, 6) is 2.42. The van der Waals surface area contributed by atoms with Crippen LogP contribution in [0.15, 0.2) is 23.0 Å². The van der Waals surface area contributed by atoms with Crippen molar-refractivity contribution >= 4 is 0 Å². The summed E-state index contributed by atoms with van der Waals surface area (Å²) in [5.41, 5.74) is 2.94. The number of aromatic nitrogens is 2. The van der Waals surface area contributed by atoms with Gasteiger partial charge in [0.1, 0.15) is 12.4 Å². The zero-order chi connectivity index (χ0) is 20.8. The standard InChI is InChI=1S/C22H31N3O4/c1-15(2)21-23-18-8-10-25(9-7-17(18)22(26)24-21)14-16-5-6-19(20(13-16)28-4)29-12-11-27-3/h5-6,13,15H,7-12,14H2,1-4H3,(H,23,24,26). The highest BCUT2D eigenvalue weighted by Crippen LogP contribution is 2.29. The van der Waals surface area contributed by atoms with Crippen LogP contribution >= 0.6 is 0 Å². The van der Waals surface area contributed by atoms with Crippen LogP contribution in [0.1, 0.15) is 42.4 Å². The van der Waals surface area contributed by atoms with E-state index < -0.39 is 0 Å². The molecular weight excluding hydrogens is 370 g/mol. The molecule has 0 amide bonds. The Morgan fingerprint density at radius 3 is 2.66 bits per heavy atom. The number of hydrogen-bond acceptors (Lipinski definition) is 6. The van der Waals surface area contributed by atoms with Gasteiger partial charge in [0.2, 0.25) is 0 Å². The van der Waals surface area contributed by atoms with Gasteiger partial charge in [-0.1, -0.05) is 19.9 Å². The fourth-order valence-electron chi connectivity index (χ4n) is 3.53. The van der Waals surface area contributed by atoms with Crippen LogP contribution in [0.4, 0.5) is 0 Å². The first kappa shape index (κ1) is 21.3. The predicted molar refractivity (Wildman–Crippen MR) is 112 cm³/mol. The summed E-state index contributed by atoms with van der Waals surface area (Å²) in [5, 5.41) is 0. The number of H-pyrrole nitrogens is 1. The molecule has 0 saturated heterocycles. The zero-order valence-corrected chi connectivity index (χ0v) is 17.8. The van der Waals surface area contributed by atoms with Gasteiger partial charge in [0.15, 0.2) is 11.5 Å². The Balaban J connectivity index is 1.68. The number of aromatic amines is 1. The molecule has 1 aliphatic rings. The monoisotopic (exact) mass is 401 g/mol. The molecule has 0 saturated carbocycles. The molecule has 2 heterocycles. The number of nitrogens with one attached hydrogen (secondary N) is 1. The lowest BCUT2D eigenvalue weighted by Crippen LogP contribution is -2.26. The van der Waals surface area contributed by atoms with Crippen molar-refractivity contribution in [3.8, 4) is 11.5 Å². The second-order valence-electron chi connectivity index (χ2n) is 7.63. The molecule has 7 heteroatoms. The second kappa shape index (κ2) is 9.89. The summed E-state index contributed by atoms with van der Waals surface area (Å²) in [6.07, 6.45) is 1.50. The molecule has 1 aromatic carbocycles. The third-order valence-corrected chi connectivity index (χ3v) is 5.19. The molecule has 0 atom stereocenters. The first-order valence-electron chi connectivity index (χ1n) is 10.1. The van der Waals surface area contributed by atoms with E-state index in [1.165, 1.54) is 0 Å². The Kier molecular flexibility index (Phi) is 7.28. The summed E-state index contributed by atoms with van der Waals surface area (Å²) in [6, 6.07) is 6.02. The molecule has 0 unspecified atom stereocenters. The largest absolute Gasteiger partial charge is 0.493 e. The summed E-state index contributed by atoms with van der Waals surface area (Å²) in [4.78, 5) is 22.5. The van der Waals surface area contributed by atoms with E-state index in [1.54, 1.807) is 14.2 Å². The topological polar surface area (TPSA) is 76.7 Å². The summed E-state index contributed by atoms with van der Waals surface area (Å²) in [6.45, 7) is 7.59. The van der Waals surface area contributed by atoms with Gasteiger partial charge in [0.25, 0.3) is 5.56 Å². The Labute approximate surface area is 172 Å². The molecule has 158 valence electrons. The molecule has 0 spiro atoms. The van der Waals surface area contributed by atoms with Gasteiger partial charge in [-0.3, -0.25) is 9.69 Å². The normalized spacial score (nSPS) is 14.5. The molecule has 7 nitrogen and oxygen atoms in total. The van der Waals surface area contributed by atoms with Crippen LogP contribution in [0.3, 0.4) is 0 Å². The number of nitrogens with zero attached hydrogens (tertiary/aromatic N) is 2. The maximum absolute atomic E-state index is 12.5. The highest BCUT2D eigenvalue weighted by Gasteiger charge is 2.20. The van der Waals surface area contributed by atoms with Crippen LogP contribution < -0.4 is 15.0 Å². The van der Waals surface area contributed by atoms with Crippen LogP contribution in [0.5, 0.6) is 11.5 Å². The lowest BCUT2D eigenvalue weighted by atomic mass is 10.1. The van der Waals surface area contributed by atoms with E-state index in [-0.39, 0.29) is 11.5 Å². The third kappa shape index (κ3) is 5.36. The predicted octanol–water partition coefficient (Wildman–Crippen LogP) is 2.53. The maximum atomic E-state index is 12.5. The van der Waals surface area contributed by atoms with Crippen molar-refractivity contribution in [2.24, 2.45) is 0 Å². The van der Waals surface area contributed by atoms with Gasteiger partial charge in [0, 0.05) is 44.6 Å². The molecule has 0 fully saturated rings. The fraction of sp³-hybridized carbons (Fsp3) is 0.545. The Hall–Kier alpha value is -2.38. The van der Waals surface area contributed by atoms with Gasteiger partial charge in [-0.05, 0) is 24.1 Å². The number of hydrogen-bond donors (Lipinski definition) is 1. The molecule has 3 rings (SSSR count). The summed E-state index contributed by atoms with van der Waals surface area (Å²) >= 11 is 0. The number of fused-ring (bicyclic) bond motifs is 1. The maximum Gasteiger partial charge on any atom is 0.254 e. The molecule has 1 N–H and O–H groups in total. The van der Waals surface area contributed by atoms with Crippen molar-refractivity contribution in [2.75, 3.05) is 40.5 Å². The van der Waals surface area contributed by atoms with Gasteiger partial charge in [-0.15, -0.1) is 0 Å². The SMILES string of the molecule is COCCOc1ccc(CN2CCc3nc(C(C)C)[nH]c(=O)c3CC2)cc1OC.